The van der Waals surface area contributed by atoms with E-state index in [0.717, 1.165) is 11.1 Å². The third kappa shape index (κ3) is 4.24. The lowest BCUT2D eigenvalue weighted by molar-refractivity contribution is 0.0526. The Hall–Kier alpha value is -1.66. The molecule has 0 aliphatic heterocycles. The minimum atomic E-state index is -0.347. The molecule has 1 aromatic carbocycles. The van der Waals surface area contributed by atoms with Crippen molar-refractivity contribution in [3.8, 4) is 5.75 Å². The third-order valence-electron chi connectivity index (χ3n) is 3.92. The molecule has 1 heterocycles. The van der Waals surface area contributed by atoms with Crippen LogP contribution in [0.3, 0.4) is 0 Å². The van der Waals surface area contributed by atoms with Gasteiger partial charge in [-0.15, -0.1) is 0 Å². The zero-order chi connectivity index (χ0) is 17.7. The Kier molecular flexibility index (Phi) is 6.57. The second kappa shape index (κ2) is 8.44. The summed E-state index contributed by atoms with van der Waals surface area (Å²) in [5.74, 6) is 2.58. The second-order valence-corrected chi connectivity index (χ2v) is 6.84. The molecule has 1 aromatic heterocycles. The molecule has 0 saturated carbocycles. The Balaban J connectivity index is 2.30. The van der Waals surface area contributed by atoms with E-state index in [4.69, 9.17) is 13.9 Å². The van der Waals surface area contributed by atoms with Gasteiger partial charge >= 0.3 is 5.97 Å². The van der Waals surface area contributed by atoms with Crippen molar-refractivity contribution in [3.05, 3.63) is 29.5 Å². The van der Waals surface area contributed by atoms with E-state index in [-0.39, 0.29) is 5.97 Å². The van der Waals surface area contributed by atoms with Crippen LogP contribution in [0.2, 0.25) is 0 Å². The predicted molar refractivity (Wildman–Crippen MR) is 98.0 cm³/mol. The quantitative estimate of drug-likeness (QED) is 0.674. The fraction of sp³-hybridized carbons (Fsp3) is 0.500. The number of hydrogen-bond donors (Lipinski definition) is 0. The molecule has 6 heteroatoms. The molecule has 2 aromatic rings. The van der Waals surface area contributed by atoms with Crippen LogP contribution in [0.4, 0.5) is 0 Å². The van der Waals surface area contributed by atoms with E-state index in [1.807, 2.05) is 18.2 Å². The zero-order valence-corrected chi connectivity index (χ0v) is 15.7. The van der Waals surface area contributed by atoms with E-state index in [0.29, 0.717) is 41.1 Å². The Morgan fingerprint density at radius 2 is 2.12 bits per heavy atom. The van der Waals surface area contributed by atoms with E-state index >= 15 is 0 Å². The average Bonchev–Trinajstić information content (AvgIpc) is 2.91. The maximum atomic E-state index is 12.4. The first-order valence-corrected chi connectivity index (χ1v) is 9.14. The third-order valence-corrected chi connectivity index (χ3v) is 5.11. The number of esters is 1. The molecular weight excluding hydrogens is 326 g/mol. The lowest BCUT2D eigenvalue weighted by Gasteiger charge is -2.18. The van der Waals surface area contributed by atoms with E-state index in [2.05, 4.69) is 25.9 Å². The lowest BCUT2D eigenvalue weighted by atomic mass is 10.1. The highest BCUT2D eigenvalue weighted by Gasteiger charge is 2.22. The van der Waals surface area contributed by atoms with Crippen LogP contribution in [-0.4, -0.2) is 50.5 Å². The summed E-state index contributed by atoms with van der Waals surface area (Å²) in [4.78, 5) is 14.6. The van der Waals surface area contributed by atoms with Gasteiger partial charge in [0, 0.05) is 17.2 Å². The van der Waals surface area contributed by atoms with Gasteiger partial charge in [-0.1, -0.05) is 0 Å². The molecule has 0 bridgehead atoms. The Morgan fingerprint density at radius 3 is 2.75 bits per heavy atom. The number of carbonyl (C=O) groups excluding carboxylic acids is 1. The summed E-state index contributed by atoms with van der Waals surface area (Å²) in [5, 5.41) is 0.740. The molecule has 0 aliphatic carbocycles. The number of furan rings is 1. The highest BCUT2D eigenvalue weighted by Crippen LogP contribution is 2.32. The van der Waals surface area contributed by atoms with Gasteiger partial charge in [-0.3, -0.25) is 0 Å². The standard InChI is InChI=1S/C18H25NO4S/c1-6-22-18(20)17-14-9-13(21-5)7-8-15(14)23-16(17)11-24-10-12(2)19(3)4/h7-9,12H,6,10-11H2,1-5H3. The molecule has 0 aliphatic rings. The molecule has 0 radical (unpaired) electrons. The van der Waals surface area contributed by atoms with Crippen molar-refractivity contribution in [1.82, 2.24) is 4.90 Å². The number of rotatable bonds is 8. The first-order valence-electron chi connectivity index (χ1n) is 7.98. The summed E-state index contributed by atoms with van der Waals surface area (Å²) in [6.45, 7) is 4.30. The summed E-state index contributed by atoms with van der Waals surface area (Å²) in [6, 6.07) is 5.92. The number of hydrogen-bond acceptors (Lipinski definition) is 6. The van der Waals surface area contributed by atoms with Gasteiger partial charge in [-0.05, 0) is 46.1 Å². The number of nitrogens with zero attached hydrogens (tertiary/aromatic N) is 1. The molecule has 0 amide bonds. The van der Waals surface area contributed by atoms with Crippen LogP contribution < -0.4 is 4.74 Å². The van der Waals surface area contributed by atoms with Gasteiger partial charge in [-0.25, -0.2) is 4.79 Å². The van der Waals surface area contributed by atoms with Crippen molar-refractivity contribution in [1.29, 1.82) is 0 Å². The van der Waals surface area contributed by atoms with Gasteiger partial charge in [0.1, 0.15) is 22.7 Å². The molecule has 0 spiro atoms. The number of benzene rings is 1. The summed E-state index contributed by atoms with van der Waals surface area (Å²) >= 11 is 1.74. The van der Waals surface area contributed by atoms with Gasteiger partial charge in [-0.2, -0.15) is 11.8 Å². The Morgan fingerprint density at radius 1 is 1.38 bits per heavy atom. The number of carbonyl (C=O) groups is 1. The predicted octanol–water partition coefficient (Wildman–Crippen LogP) is 3.80. The Labute approximate surface area is 147 Å². The normalized spacial score (nSPS) is 12.6. The average molecular weight is 351 g/mol. The first-order chi connectivity index (χ1) is 11.5. The van der Waals surface area contributed by atoms with Crippen molar-refractivity contribution in [2.24, 2.45) is 0 Å². The topological polar surface area (TPSA) is 51.9 Å². The van der Waals surface area contributed by atoms with Crippen LogP contribution in [0.15, 0.2) is 22.6 Å². The first kappa shape index (κ1) is 18.7. The molecule has 132 valence electrons. The molecule has 0 saturated heterocycles. The fourth-order valence-electron chi connectivity index (χ4n) is 2.25. The van der Waals surface area contributed by atoms with Crippen LogP contribution in [0.1, 0.15) is 30.0 Å². The smallest absolute Gasteiger partial charge is 0.342 e. The van der Waals surface area contributed by atoms with Gasteiger partial charge in [0.05, 0.1) is 19.5 Å². The van der Waals surface area contributed by atoms with Gasteiger partial charge < -0.3 is 18.8 Å². The Bertz CT molecular complexity index is 696. The summed E-state index contributed by atoms with van der Waals surface area (Å²) < 4.78 is 16.4. The minimum absolute atomic E-state index is 0.333. The molecule has 2 rings (SSSR count). The number of thioether (sulfide) groups is 1. The number of fused-ring (bicyclic) bond motifs is 1. The van der Waals surface area contributed by atoms with Crippen molar-refractivity contribution >= 4 is 28.7 Å². The molecule has 1 atom stereocenters. The summed E-state index contributed by atoms with van der Waals surface area (Å²) in [7, 11) is 5.72. The van der Waals surface area contributed by atoms with Crippen LogP contribution in [0.25, 0.3) is 11.0 Å². The molecule has 0 N–H and O–H groups in total. The second-order valence-electron chi connectivity index (χ2n) is 5.81. The molecule has 5 nitrogen and oxygen atoms in total. The van der Waals surface area contributed by atoms with Crippen LogP contribution in [0, 0.1) is 0 Å². The molecule has 0 fully saturated rings. The molecular formula is C18H25NO4S. The number of methoxy groups -OCH3 is 1. The monoisotopic (exact) mass is 351 g/mol. The van der Waals surface area contributed by atoms with Crippen molar-refractivity contribution < 1.29 is 18.7 Å². The SMILES string of the molecule is CCOC(=O)c1c(CSCC(C)N(C)C)oc2ccc(OC)cc12. The lowest BCUT2D eigenvalue weighted by Crippen LogP contribution is -2.26. The van der Waals surface area contributed by atoms with Crippen LogP contribution in [-0.2, 0) is 10.5 Å². The van der Waals surface area contributed by atoms with Gasteiger partial charge in [0.25, 0.3) is 0 Å². The maximum absolute atomic E-state index is 12.4. The maximum Gasteiger partial charge on any atom is 0.342 e. The fourth-order valence-corrected chi connectivity index (χ4v) is 3.40. The zero-order valence-electron chi connectivity index (χ0n) is 14.9. The summed E-state index contributed by atoms with van der Waals surface area (Å²) in [5.41, 5.74) is 1.19. The van der Waals surface area contributed by atoms with Gasteiger partial charge in [0.15, 0.2) is 0 Å². The van der Waals surface area contributed by atoms with Crippen molar-refractivity contribution in [2.75, 3.05) is 33.6 Å². The van der Waals surface area contributed by atoms with E-state index in [1.54, 1.807) is 25.8 Å². The van der Waals surface area contributed by atoms with Crippen LogP contribution in [0.5, 0.6) is 5.75 Å². The highest BCUT2D eigenvalue weighted by molar-refractivity contribution is 7.98. The van der Waals surface area contributed by atoms with E-state index in [1.165, 1.54) is 0 Å². The van der Waals surface area contributed by atoms with E-state index in [9.17, 15) is 4.79 Å². The summed E-state index contributed by atoms with van der Waals surface area (Å²) in [6.07, 6.45) is 0. The largest absolute Gasteiger partial charge is 0.497 e. The minimum Gasteiger partial charge on any atom is -0.497 e. The van der Waals surface area contributed by atoms with E-state index < -0.39 is 0 Å². The van der Waals surface area contributed by atoms with Crippen molar-refractivity contribution in [2.45, 2.75) is 25.6 Å². The van der Waals surface area contributed by atoms with Crippen LogP contribution >= 0.6 is 11.8 Å². The highest BCUT2D eigenvalue weighted by atomic mass is 32.2. The van der Waals surface area contributed by atoms with Gasteiger partial charge in [0.2, 0.25) is 0 Å². The molecule has 1 unspecified atom stereocenters. The molecule has 24 heavy (non-hydrogen) atoms. The number of ether oxygens (including phenoxy) is 2. The van der Waals surface area contributed by atoms with Crippen molar-refractivity contribution in [3.63, 3.8) is 0 Å².